The monoisotopic (exact) mass is 385 g/mol. The van der Waals surface area contributed by atoms with Crippen LogP contribution in [0.3, 0.4) is 0 Å². The first-order chi connectivity index (χ1) is 8.99. The van der Waals surface area contributed by atoms with Crippen LogP contribution in [0.4, 0.5) is 5.82 Å². The minimum atomic E-state index is -1.36. The second-order valence-electron chi connectivity index (χ2n) is 3.97. The van der Waals surface area contributed by atoms with Crippen LogP contribution in [0.2, 0.25) is 0 Å². The van der Waals surface area contributed by atoms with Gasteiger partial charge in [0.25, 0.3) is 0 Å². The third-order valence-electron chi connectivity index (χ3n) is 2.80. The topological polar surface area (TPSA) is 137 Å². The Morgan fingerprint density at radius 3 is 2.68 bits per heavy atom. The van der Waals surface area contributed by atoms with Gasteiger partial charge in [0.1, 0.15) is 18.3 Å². The fourth-order valence-electron chi connectivity index (χ4n) is 1.82. The van der Waals surface area contributed by atoms with E-state index in [0.29, 0.717) is 3.57 Å². The van der Waals surface area contributed by atoms with Crippen molar-refractivity contribution in [2.24, 2.45) is 0 Å². The summed E-state index contributed by atoms with van der Waals surface area (Å²) >= 11 is 1.82. The number of aliphatic hydroxyl groups is 3. The van der Waals surface area contributed by atoms with Crippen LogP contribution >= 0.6 is 22.6 Å². The van der Waals surface area contributed by atoms with Crippen molar-refractivity contribution in [3.63, 3.8) is 0 Å². The Balaban J connectivity index is 2.38. The number of nitrogens with zero attached hydrogens (tertiary/aromatic N) is 2. The molecule has 0 saturated carbocycles. The number of aromatic nitrogens is 2. The van der Waals surface area contributed by atoms with Crippen LogP contribution in [0.5, 0.6) is 0 Å². The van der Waals surface area contributed by atoms with Crippen molar-refractivity contribution in [1.29, 1.82) is 0 Å². The molecule has 1 fully saturated rings. The van der Waals surface area contributed by atoms with Crippen LogP contribution < -0.4 is 11.2 Å². The smallest absolute Gasteiger partial charge is 0.351 e. The first kappa shape index (κ1) is 14.6. The van der Waals surface area contributed by atoms with Gasteiger partial charge in [0.05, 0.1) is 10.2 Å². The summed E-state index contributed by atoms with van der Waals surface area (Å²) in [5, 5.41) is 37.2. The minimum absolute atomic E-state index is 0.0198. The molecule has 0 bridgehead atoms. The molecule has 10 heteroatoms. The van der Waals surface area contributed by atoms with E-state index in [0.717, 1.165) is 4.57 Å². The zero-order valence-electron chi connectivity index (χ0n) is 9.47. The van der Waals surface area contributed by atoms with E-state index in [1.807, 2.05) is 22.6 Å². The van der Waals surface area contributed by atoms with Crippen molar-refractivity contribution in [1.82, 2.24) is 9.55 Å². The summed E-state index contributed by atoms with van der Waals surface area (Å²) in [6.07, 6.45) is -3.46. The predicted molar refractivity (Wildman–Crippen MR) is 69.6 cm³/mol. The van der Waals surface area contributed by atoms with Crippen LogP contribution in [0.15, 0.2) is 11.0 Å². The molecule has 0 radical (unpaired) electrons. The zero-order valence-corrected chi connectivity index (χ0v) is 11.6. The molecule has 5 N–H and O–H groups in total. The second-order valence-corrected chi connectivity index (χ2v) is 5.13. The first-order valence-electron chi connectivity index (χ1n) is 5.30. The standard InChI is InChI=1S/C9H12IN3O6/c10-3-1-13(9(17)11-7(3)12-18)8-6(16)5(15)4(2-14)19-8/h1,4-6,8,14-16,18H,2H2,(H,11,12,17)/t4-,5-,6-,8-/m1/s1. The number of aliphatic hydroxyl groups excluding tert-OH is 3. The van der Waals surface area contributed by atoms with E-state index in [4.69, 9.17) is 15.1 Å². The van der Waals surface area contributed by atoms with E-state index >= 15 is 0 Å². The first-order valence-corrected chi connectivity index (χ1v) is 6.38. The highest BCUT2D eigenvalue weighted by Gasteiger charge is 2.43. The third kappa shape index (κ3) is 2.59. The SMILES string of the molecule is O=c1nc(NO)c(I)cn1[C@@H]1O[C@H](CO)[C@@H](O)[C@H]1O. The molecule has 1 aliphatic rings. The highest BCUT2D eigenvalue weighted by Crippen LogP contribution is 2.28. The summed E-state index contributed by atoms with van der Waals surface area (Å²) in [6.45, 7) is -0.482. The van der Waals surface area contributed by atoms with Gasteiger partial charge in [-0.15, -0.1) is 0 Å². The van der Waals surface area contributed by atoms with Crippen LogP contribution in [0.25, 0.3) is 0 Å². The van der Waals surface area contributed by atoms with E-state index in [1.54, 1.807) is 5.48 Å². The molecule has 1 saturated heterocycles. The Morgan fingerprint density at radius 2 is 2.16 bits per heavy atom. The number of anilines is 1. The highest BCUT2D eigenvalue weighted by molar-refractivity contribution is 14.1. The fourth-order valence-corrected chi connectivity index (χ4v) is 2.36. The lowest BCUT2D eigenvalue weighted by Gasteiger charge is -2.17. The van der Waals surface area contributed by atoms with Gasteiger partial charge in [-0.25, -0.2) is 4.79 Å². The molecule has 0 spiro atoms. The van der Waals surface area contributed by atoms with Gasteiger partial charge in [-0.3, -0.25) is 15.3 Å². The van der Waals surface area contributed by atoms with Crippen molar-refractivity contribution in [2.75, 3.05) is 12.1 Å². The largest absolute Gasteiger partial charge is 0.394 e. The maximum Gasteiger partial charge on any atom is 0.351 e. The average Bonchev–Trinajstić information content (AvgIpc) is 2.68. The van der Waals surface area contributed by atoms with Gasteiger partial charge in [0.2, 0.25) is 0 Å². The van der Waals surface area contributed by atoms with E-state index in [-0.39, 0.29) is 5.82 Å². The molecule has 9 nitrogen and oxygen atoms in total. The van der Waals surface area contributed by atoms with E-state index in [1.165, 1.54) is 6.20 Å². The molecule has 0 amide bonds. The number of hydrogen-bond donors (Lipinski definition) is 5. The summed E-state index contributed by atoms with van der Waals surface area (Å²) in [4.78, 5) is 15.3. The Kier molecular flexibility index (Phi) is 4.37. The summed E-state index contributed by atoms with van der Waals surface area (Å²) in [6, 6.07) is 0. The average molecular weight is 385 g/mol. The maximum absolute atomic E-state index is 11.7. The Labute approximate surface area is 120 Å². The Hall–Kier alpha value is -0.790. The number of rotatable bonds is 3. The quantitative estimate of drug-likeness (QED) is 0.306. The molecule has 1 aromatic heterocycles. The molecular weight excluding hydrogens is 373 g/mol. The van der Waals surface area contributed by atoms with Crippen molar-refractivity contribution in [3.05, 3.63) is 20.3 Å². The van der Waals surface area contributed by atoms with Crippen LogP contribution in [-0.2, 0) is 4.74 Å². The Bertz CT molecular complexity index is 523. The van der Waals surface area contributed by atoms with Crippen LogP contribution in [0.1, 0.15) is 6.23 Å². The lowest BCUT2D eigenvalue weighted by Crippen LogP contribution is -2.36. The van der Waals surface area contributed by atoms with E-state index < -0.39 is 36.8 Å². The van der Waals surface area contributed by atoms with Crippen molar-refractivity contribution < 1.29 is 25.3 Å². The summed E-state index contributed by atoms with van der Waals surface area (Å²) in [5.41, 5.74) is 0.998. The van der Waals surface area contributed by atoms with Crippen molar-refractivity contribution >= 4 is 28.4 Å². The molecule has 1 aromatic rings. The van der Waals surface area contributed by atoms with Gasteiger partial charge in [-0.1, -0.05) is 0 Å². The third-order valence-corrected chi connectivity index (χ3v) is 3.59. The van der Waals surface area contributed by atoms with E-state index in [2.05, 4.69) is 4.98 Å². The minimum Gasteiger partial charge on any atom is -0.394 e. The van der Waals surface area contributed by atoms with Gasteiger partial charge in [-0.2, -0.15) is 4.98 Å². The van der Waals surface area contributed by atoms with Crippen LogP contribution in [-0.4, -0.2) is 55.0 Å². The molecule has 106 valence electrons. The number of ether oxygens (including phenoxy) is 1. The Morgan fingerprint density at radius 1 is 1.47 bits per heavy atom. The zero-order chi connectivity index (χ0) is 14.2. The normalized spacial score (nSPS) is 30.6. The summed E-state index contributed by atoms with van der Waals surface area (Å²) in [5.74, 6) is -0.0198. The lowest BCUT2D eigenvalue weighted by molar-refractivity contribution is -0.0550. The molecule has 0 aliphatic carbocycles. The van der Waals surface area contributed by atoms with Gasteiger partial charge in [0, 0.05) is 6.20 Å². The molecule has 0 unspecified atom stereocenters. The van der Waals surface area contributed by atoms with Gasteiger partial charge in [-0.05, 0) is 22.6 Å². The number of nitrogens with one attached hydrogen (secondary N) is 1. The molecule has 1 aliphatic heterocycles. The molecule has 4 atom stereocenters. The predicted octanol–water partition coefficient (Wildman–Crippen LogP) is -1.74. The molecule has 2 rings (SSSR count). The maximum atomic E-state index is 11.7. The van der Waals surface area contributed by atoms with Crippen molar-refractivity contribution in [2.45, 2.75) is 24.5 Å². The van der Waals surface area contributed by atoms with Gasteiger partial charge < -0.3 is 20.1 Å². The molecule has 19 heavy (non-hydrogen) atoms. The highest BCUT2D eigenvalue weighted by atomic mass is 127. The number of hydrogen-bond acceptors (Lipinski definition) is 8. The van der Waals surface area contributed by atoms with Crippen LogP contribution in [0, 0.1) is 3.57 Å². The van der Waals surface area contributed by atoms with Gasteiger partial charge in [0.15, 0.2) is 12.0 Å². The summed E-state index contributed by atoms with van der Waals surface area (Å²) in [7, 11) is 0. The fraction of sp³-hybridized carbons (Fsp3) is 0.556. The molecule has 2 heterocycles. The van der Waals surface area contributed by atoms with E-state index in [9.17, 15) is 15.0 Å². The number of halogens is 1. The summed E-state index contributed by atoms with van der Waals surface area (Å²) < 4.78 is 6.62. The molecular formula is C9H12IN3O6. The second kappa shape index (κ2) is 5.68. The molecule has 0 aromatic carbocycles. The van der Waals surface area contributed by atoms with Crippen molar-refractivity contribution in [3.8, 4) is 0 Å². The lowest BCUT2D eigenvalue weighted by atomic mass is 10.1. The van der Waals surface area contributed by atoms with Gasteiger partial charge >= 0.3 is 5.69 Å².